The molecule has 0 atom stereocenters. The number of benzene rings is 1. The van der Waals surface area contributed by atoms with Crippen LogP contribution in [0.4, 0.5) is 11.4 Å². The van der Waals surface area contributed by atoms with Crippen LogP contribution in [0.15, 0.2) is 18.2 Å². The number of para-hydroxylation sites is 1. The highest BCUT2D eigenvalue weighted by Gasteiger charge is 2.14. The Bertz CT molecular complexity index is 380. The molecule has 0 amide bonds. The van der Waals surface area contributed by atoms with Crippen molar-refractivity contribution in [3.63, 3.8) is 0 Å². The SMILES string of the molecule is Cc1cccc([N+](=O)[O-])c1NCCCCCO. The van der Waals surface area contributed by atoms with Gasteiger partial charge in [-0.3, -0.25) is 10.1 Å². The minimum atomic E-state index is -0.372. The van der Waals surface area contributed by atoms with Crippen molar-refractivity contribution in [2.45, 2.75) is 26.2 Å². The first kappa shape index (κ1) is 13.4. The third-order valence-corrected chi connectivity index (χ3v) is 2.58. The molecule has 1 aromatic rings. The second-order valence-electron chi connectivity index (χ2n) is 3.94. The lowest BCUT2D eigenvalue weighted by Crippen LogP contribution is -2.06. The smallest absolute Gasteiger partial charge is 0.292 e. The minimum Gasteiger partial charge on any atom is -0.396 e. The molecule has 2 N–H and O–H groups in total. The molecule has 17 heavy (non-hydrogen) atoms. The maximum atomic E-state index is 10.8. The molecule has 0 saturated carbocycles. The maximum absolute atomic E-state index is 10.8. The normalized spacial score (nSPS) is 10.2. The van der Waals surface area contributed by atoms with Crippen LogP contribution in [-0.2, 0) is 0 Å². The van der Waals surface area contributed by atoms with E-state index in [1.54, 1.807) is 6.07 Å². The highest BCUT2D eigenvalue weighted by Crippen LogP contribution is 2.27. The van der Waals surface area contributed by atoms with E-state index in [1.165, 1.54) is 6.07 Å². The van der Waals surface area contributed by atoms with Gasteiger partial charge in [0.25, 0.3) is 5.69 Å². The summed E-state index contributed by atoms with van der Waals surface area (Å²) >= 11 is 0. The molecule has 0 heterocycles. The van der Waals surface area contributed by atoms with Crippen molar-refractivity contribution >= 4 is 11.4 Å². The van der Waals surface area contributed by atoms with Gasteiger partial charge < -0.3 is 10.4 Å². The molecule has 0 radical (unpaired) electrons. The van der Waals surface area contributed by atoms with Gasteiger partial charge >= 0.3 is 0 Å². The van der Waals surface area contributed by atoms with Crippen LogP contribution >= 0.6 is 0 Å². The van der Waals surface area contributed by atoms with E-state index in [-0.39, 0.29) is 17.2 Å². The summed E-state index contributed by atoms with van der Waals surface area (Å²) in [6, 6.07) is 5.04. The van der Waals surface area contributed by atoms with Gasteiger partial charge in [-0.25, -0.2) is 0 Å². The first-order chi connectivity index (χ1) is 8.16. The quantitative estimate of drug-likeness (QED) is 0.434. The Hall–Kier alpha value is -1.62. The standard InChI is InChI=1S/C12H18N2O3/c1-10-6-5-7-11(14(16)17)12(10)13-8-3-2-4-9-15/h5-7,13,15H,2-4,8-9H2,1H3. The Balaban J connectivity index is 2.60. The topological polar surface area (TPSA) is 75.4 Å². The van der Waals surface area contributed by atoms with Crippen LogP contribution in [0.3, 0.4) is 0 Å². The predicted octanol–water partition coefficient (Wildman–Crippen LogP) is 2.48. The Morgan fingerprint density at radius 3 is 2.76 bits per heavy atom. The fourth-order valence-electron chi connectivity index (χ4n) is 1.66. The minimum absolute atomic E-state index is 0.118. The molecular formula is C12H18N2O3. The second-order valence-corrected chi connectivity index (χ2v) is 3.94. The number of unbranched alkanes of at least 4 members (excludes halogenated alkanes) is 2. The Kier molecular flexibility index (Phi) is 5.42. The van der Waals surface area contributed by atoms with Gasteiger partial charge in [-0.15, -0.1) is 0 Å². The van der Waals surface area contributed by atoms with Crippen LogP contribution in [0.25, 0.3) is 0 Å². The number of anilines is 1. The number of aliphatic hydroxyl groups excluding tert-OH is 1. The van der Waals surface area contributed by atoms with E-state index < -0.39 is 0 Å². The zero-order valence-electron chi connectivity index (χ0n) is 9.98. The van der Waals surface area contributed by atoms with Crippen molar-refractivity contribution in [2.24, 2.45) is 0 Å². The van der Waals surface area contributed by atoms with Crippen molar-refractivity contribution in [1.29, 1.82) is 0 Å². The largest absolute Gasteiger partial charge is 0.396 e. The molecule has 5 nitrogen and oxygen atoms in total. The monoisotopic (exact) mass is 238 g/mol. The van der Waals surface area contributed by atoms with Crippen LogP contribution < -0.4 is 5.32 Å². The number of nitrogens with zero attached hydrogens (tertiary/aromatic N) is 1. The van der Waals surface area contributed by atoms with Crippen molar-refractivity contribution in [2.75, 3.05) is 18.5 Å². The van der Waals surface area contributed by atoms with E-state index in [9.17, 15) is 10.1 Å². The summed E-state index contributed by atoms with van der Waals surface area (Å²) < 4.78 is 0. The van der Waals surface area contributed by atoms with Gasteiger partial charge in [0.2, 0.25) is 0 Å². The van der Waals surface area contributed by atoms with E-state index in [0.717, 1.165) is 24.8 Å². The molecular weight excluding hydrogens is 220 g/mol. The van der Waals surface area contributed by atoms with E-state index >= 15 is 0 Å². The molecule has 0 aromatic heterocycles. The van der Waals surface area contributed by atoms with Crippen LogP contribution in [-0.4, -0.2) is 23.2 Å². The predicted molar refractivity (Wildman–Crippen MR) is 67.3 cm³/mol. The van der Waals surface area contributed by atoms with Crippen LogP contribution in [0.5, 0.6) is 0 Å². The molecule has 5 heteroatoms. The van der Waals surface area contributed by atoms with Gasteiger partial charge in [0.15, 0.2) is 0 Å². The Morgan fingerprint density at radius 2 is 2.12 bits per heavy atom. The summed E-state index contributed by atoms with van der Waals surface area (Å²) in [5.74, 6) is 0. The number of aryl methyl sites for hydroxylation is 1. The molecule has 0 aliphatic heterocycles. The number of nitro groups is 1. The van der Waals surface area contributed by atoms with Crippen molar-refractivity contribution in [3.8, 4) is 0 Å². The van der Waals surface area contributed by atoms with Gasteiger partial charge in [0, 0.05) is 19.2 Å². The number of rotatable bonds is 7. The van der Waals surface area contributed by atoms with E-state index in [0.29, 0.717) is 12.2 Å². The third-order valence-electron chi connectivity index (χ3n) is 2.58. The molecule has 0 saturated heterocycles. The van der Waals surface area contributed by atoms with Gasteiger partial charge in [-0.05, 0) is 31.7 Å². The van der Waals surface area contributed by atoms with Crippen LogP contribution in [0.1, 0.15) is 24.8 Å². The summed E-state index contributed by atoms with van der Waals surface area (Å²) in [5, 5.41) is 22.6. The van der Waals surface area contributed by atoms with Crippen LogP contribution in [0.2, 0.25) is 0 Å². The van der Waals surface area contributed by atoms with Crippen molar-refractivity contribution in [1.82, 2.24) is 0 Å². The summed E-state index contributed by atoms with van der Waals surface area (Å²) in [6.07, 6.45) is 2.59. The molecule has 0 unspecified atom stereocenters. The summed E-state index contributed by atoms with van der Waals surface area (Å²) in [6.45, 7) is 2.74. The fourth-order valence-corrected chi connectivity index (χ4v) is 1.66. The van der Waals surface area contributed by atoms with Gasteiger partial charge in [0.05, 0.1) is 4.92 Å². The lowest BCUT2D eigenvalue weighted by molar-refractivity contribution is -0.384. The first-order valence-electron chi connectivity index (χ1n) is 5.75. The third kappa shape index (κ3) is 4.03. The van der Waals surface area contributed by atoms with E-state index in [2.05, 4.69) is 5.32 Å². The molecule has 0 fully saturated rings. The fraction of sp³-hybridized carbons (Fsp3) is 0.500. The molecule has 0 bridgehead atoms. The molecule has 1 aromatic carbocycles. The zero-order chi connectivity index (χ0) is 12.7. The van der Waals surface area contributed by atoms with Crippen LogP contribution in [0, 0.1) is 17.0 Å². The summed E-state index contributed by atoms with van der Waals surface area (Å²) in [7, 11) is 0. The Labute approximate surface area is 101 Å². The molecule has 0 spiro atoms. The second kappa shape index (κ2) is 6.85. The van der Waals surface area contributed by atoms with Gasteiger partial charge in [-0.2, -0.15) is 0 Å². The van der Waals surface area contributed by atoms with Crippen molar-refractivity contribution < 1.29 is 10.0 Å². The lowest BCUT2D eigenvalue weighted by Gasteiger charge is -2.09. The molecule has 1 rings (SSSR count). The van der Waals surface area contributed by atoms with E-state index in [1.807, 2.05) is 13.0 Å². The lowest BCUT2D eigenvalue weighted by atomic mass is 10.1. The average Bonchev–Trinajstić information content (AvgIpc) is 2.30. The Morgan fingerprint density at radius 1 is 1.35 bits per heavy atom. The van der Waals surface area contributed by atoms with Crippen molar-refractivity contribution in [3.05, 3.63) is 33.9 Å². The zero-order valence-corrected chi connectivity index (χ0v) is 9.98. The maximum Gasteiger partial charge on any atom is 0.292 e. The number of hydrogen-bond donors (Lipinski definition) is 2. The highest BCUT2D eigenvalue weighted by atomic mass is 16.6. The first-order valence-corrected chi connectivity index (χ1v) is 5.75. The highest BCUT2D eigenvalue weighted by molar-refractivity contribution is 5.65. The number of nitrogens with one attached hydrogen (secondary N) is 1. The number of hydrogen-bond acceptors (Lipinski definition) is 4. The summed E-state index contributed by atoms with van der Waals surface area (Å²) in [4.78, 5) is 10.5. The molecule has 0 aliphatic carbocycles. The number of aliphatic hydroxyl groups is 1. The molecule has 0 aliphatic rings. The average molecular weight is 238 g/mol. The molecule has 94 valence electrons. The van der Waals surface area contributed by atoms with Gasteiger partial charge in [0.1, 0.15) is 5.69 Å². The summed E-state index contributed by atoms with van der Waals surface area (Å²) in [5.41, 5.74) is 1.59. The van der Waals surface area contributed by atoms with Gasteiger partial charge in [-0.1, -0.05) is 12.1 Å². The number of nitro benzene ring substituents is 1. The van der Waals surface area contributed by atoms with E-state index in [4.69, 9.17) is 5.11 Å².